The Hall–Kier alpha value is -2.96. The van der Waals surface area contributed by atoms with E-state index in [0.29, 0.717) is 11.3 Å². The van der Waals surface area contributed by atoms with Crippen LogP contribution in [0.2, 0.25) is 0 Å². The van der Waals surface area contributed by atoms with E-state index < -0.39 is 15.8 Å². The van der Waals surface area contributed by atoms with Gasteiger partial charge in [0.1, 0.15) is 0 Å². The Bertz CT molecular complexity index is 2040. The van der Waals surface area contributed by atoms with E-state index in [1.807, 2.05) is 0 Å². The summed E-state index contributed by atoms with van der Waals surface area (Å²) in [6, 6.07) is 76.8. The first-order valence-corrected chi connectivity index (χ1v) is 25.2. The van der Waals surface area contributed by atoms with Crippen LogP contribution in [0.25, 0.3) is 21.5 Å². The van der Waals surface area contributed by atoms with E-state index in [-0.39, 0.29) is 36.4 Å². The molecule has 0 N–H and O–H groups in total. The predicted octanol–water partition coefficient (Wildman–Crippen LogP) is 10.6. The van der Waals surface area contributed by atoms with Gasteiger partial charge in [0.2, 0.25) is 0 Å². The number of benzene rings is 8. The summed E-state index contributed by atoms with van der Waals surface area (Å²) < 4.78 is 0. The molecular weight excluding hydrogens is 922 g/mol. The molecule has 54 heavy (non-hydrogen) atoms. The molecular formula is C48H44Cl2P2Pd2+2. The first-order chi connectivity index (χ1) is 26.1. The minimum absolute atomic E-state index is 0. The van der Waals surface area contributed by atoms with Crippen molar-refractivity contribution in [3.05, 3.63) is 217 Å². The molecule has 0 saturated heterocycles. The third kappa shape index (κ3) is 10.7. The van der Waals surface area contributed by atoms with Gasteiger partial charge >= 0.3 is 35.0 Å². The van der Waals surface area contributed by atoms with Crippen LogP contribution < -0.4 is 21.2 Å². The molecule has 0 bridgehead atoms. The van der Waals surface area contributed by atoms with Crippen molar-refractivity contribution in [2.75, 3.05) is 0 Å². The zero-order valence-electron chi connectivity index (χ0n) is 30.1. The van der Waals surface area contributed by atoms with Gasteiger partial charge in [0.25, 0.3) is 0 Å². The average Bonchev–Trinajstić information content (AvgIpc) is 3.23. The first kappa shape index (κ1) is 42.2. The number of hydrogen-bond acceptors (Lipinski definition) is 0. The van der Waals surface area contributed by atoms with Gasteiger partial charge in [-0.3, -0.25) is 0 Å². The fourth-order valence-electron chi connectivity index (χ4n) is 7.18. The fraction of sp³-hybridized carbons (Fsp3) is 0.0833. The Balaban J connectivity index is 0.000000190. The molecule has 0 fully saturated rings. The van der Waals surface area contributed by atoms with E-state index in [1.165, 1.54) is 53.9 Å². The van der Waals surface area contributed by atoms with Crippen molar-refractivity contribution in [1.82, 2.24) is 0 Å². The van der Waals surface area contributed by atoms with Crippen molar-refractivity contribution in [2.24, 2.45) is 0 Å². The maximum atomic E-state index is 4.26. The predicted molar refractivity (Wildman–Crippen MR) is 226 cm³/mol. The maximum absolute atomic E-state index is 4.26. The van der Waals surface area contributed by atoms with Crippen molar-refractivity contribution in [3.8, 4) is 0 Å². The van der Waals surface area contributed by atoms with Crippen LogP contribution in [0.15, 0.2) is 194 Å². The second-order valence-corrected chi connectivity index (χ2v) is 21.2. The van der Waals surface area contributed by atoms with Gasteiger partial charge in [0.05, 0.1) is 48.4 Å². The molecule has 8 rings (SSSR count). The van der Waals surface area contributed by atoms with Crippen LogP contribution in [0.4, 0.5) is 0 Å². The zero-order valence-corrected chi connectivity index (χ0v) is 36.8. The molecule has 2 atom stereocenters. The Labute approximate surface area is 353 Å². The third-order valence-corrected chi connectivity index (χ3v) is 15.7. The minimum Gasteiger partial charge on any atom is 0 e. The van der Waals surface area contributed by atoms with Crippen LogP contribution in [-0.2, 0) is 36.4 Å². The van der Waals surface area contributed by atoms with Crippen molar-refractivity contribution >= 4 is 58.6 Å². The van der Waals surface area contributed by atoms with Gasteiger partial charge in [-0.2, -0.15) is 36.4 Å². The maximum Gasteiger partial charge on any atom is 0 e. The van der Waals surface area contributed by atoms with Crippen LogP contribution >= 0.6 is 15.8 Å². The second-order valence-electron chi connectivity index (χ2n) is 12.7. The zero-order chi connectivity index (χ0) is 36.8. The second kappa shape index (κ2) is 22.0. The Morgan fingerprint density at radius 3 is 0.963 bits per heavy atom. The first-order valence-electron chi connectivity index (χ1n) is 17.7. The quantitative estimate of drug-likeness (QED) is 0.0809. The van der Waals surface area contributed by atoms with E-state index in [2.05, 4.69) is 239 Å². The smallest absolute Gasteiger partial charge is 0 e. The average molecular weight is 967 g/mol. The van der Waals surface area contributed by atoms with Crippen LogP contribution in [-0.4, -0.2) is 0 Å². The van der Waals surface area contributed by atoms with Gasteiger partial charge in [0.15, 0.2) is 0 Å². The van der Waals surface area contributed by atoms with Crippen molar-refractivity contribution < 1.29 is 55.4 Å². The molecule has 0 spiro atoms. The number of hydrogen-bond donors (Lipinski definition) is 0. The molecule has 0 aliphatic heterocycles. The summed E-state index contributed by atoms with van der Waals surface area (Å²) in [6.45, 7) is 4.74. The number of rotatable bonds is 8. The van der Waals surface area contributed by atoms with Crippen molar-refractivity contribution in [2.45, 2.75) is 25.2 Å². The van der Waals surface area contributed by atoms with E-state index in [4.69, 9.17) is 0 Å². The molecule has 2 unspecified atom stereocenters. The molecule has 0 saturated carbocycles. The molecule has 0 amide bonds. The van der Waals surface area contributed by atoms with Gasteiger partial charge in [-0.15, -0.1) is 44.8 Å². The van der Waals surface area contributed by atoms with Gasteiger partial charge in [-0.05, 0) is 62.4 Å². The van der Waals surface area contributed by atoms with Crippen LogP contribution in [0.5, 0.6) is 0 Å². The molecule has 0 aromatic heterocycles. The summed E-state index contributed by atoms with van der Waals surface area (Å²) in [7, 11) is 6.61. The minimum atomic E-state index is -0.951. The molecule has 278 valence electrons. The van der Waals surface area contributed by atoms with E-state index in [0.717, 1.165) is 0 Å². The summed E-state index contributed by atoms with van der Waals surface area (Å²) >= 11 is 0.117. The topological polar surface area (TPSA) is 0 Å². The molecule has 0 aliphatic carbocycles. The molecule has 8 aromatic rings. The Morgan fingerprint density at radius 1 is 0.407 bits per heavy atom. The molecule has 0 nitrogen and oxygen atoms in total. The molecule has 0 heterocycles. The number of fused-ring (bicyclic) bond motifs is 2. The molecule has 6 heteroatoms. The SMILES string of the molecule is CC(c1[c-]ccc2ccccc12)[PH+](c1ccccc1)c1ccccc1.CC(c1[c-]ccc2ccccc12)[PH+](c1ccccc1)c1ccccc1.[ClH+][Pd][ClH+].[Pd]. The van der Waals surface area contributed by atoms with E-state index in [1.54, 1.807) is 0 Å². The van der Waals surface area contributed by atoms with Gasteiger partial charge in [0, 0.05) is 20.4 Å². The standard InChI is InChI=1S/2C24H20P.2ClH.2Pd/c2*1-19(23-18-10-12-20-11-8-9-17-24(20)23)25(21-13-4-2-5-14-21)22-15-6-3-7-16-22;;;;/h2*2-17,19H,1H3;2*1H;;/q2*-1;;;;+2/p+2. The third-order valence-electron chi connectivity index (χ3n) is 9.58. The Kier molecular flexibility index (Phi) is 17.2. The van der Waals surface area contributed by atoms with Crippen LogP contribution in [0.3, 0.4) is 0 Å². The van der Waals surface area contributed by atoms with E-state index >= 15 is 0 Å². The monoisotopic (exact) mass is 964 g/mol. The summed E-state index contributed by atoms with van der Waals surface area (Å²) in [4.78, 5) is 0. The largest absolute Gasteiger partial charge is 0 e. The summed E-state index contributed by atoms with van der Waals surface area (Å²) in [6.07, 6.45) is 0. The van der Waals surface area contributed by atoms with E-state index in [9.17, 15) is 0 Å². The molecule has 0 radical (unpaired) electrons. The number of halogens is 2. The van der Waals surface area contributed by atoms with Crippen molar-refractivity contribution in [3.63, 3.8) is 0 Å². The van der Waals surface area contributed by atoms with Crippen molar-refractivity contribution in [1.29, 1.82) is 0 Å². The summed E-state index contributed by atoms with van der Waals surface area (Å²) in [5, 5.41) is 11.1. The van der Waals surface area contributed by atoms with Gasteiger partial charge in [-0.1, -0.05) is 109 Å². The molecule has 0 aliphatic rings. The normalized spacial score (nSPS) is 11.9. The van der Waals surface area contributed by atoms with Gasteiger partial charge in [-0.25, -0.2) is 0 Å². The fourth-order valence-corrected chi connectivity index (χ4v) is 13.1. The Morgan fingerprint density at radius 2 is 0.667 bits per heavy atom. The van der Waals surface area contributed by atoms with Crippen LogP contribution in [0, 0.1) is 31.2 Å². The summed E-state index contributed by atoms with van der Waals surface area (Å²) in [5.41, 5.74) is 3.53. The van der Waals surface area contributed by atoms with Gasteiger partial charge < -0.3 is 0 Å². The molecule has 8 aromatic carbocycles. The summed E-state index contributed by atoms with van der Waals surface area (Å²) in [5.74, 6) is 0. The van der Waals surface area contributed by atoms with Crippen LogP contribution in [0.1, 0.15) is 36.3 Å².